The van der Waals surface area contributed by atoms with E-state index in [1.54, 1.807) is 6.07 Å². The lowest BCUT2D eigenvalue weighted by Gasteiger charge is -2.19. The number of nitrogens with two attached hydrogens (primary N) is 1. The van der Waals surface area contributed by atoms with Crippen molar-refractivity contribution in [2.24, 2.45) is 5.73 Å². The largest absolute Gasteiger partial charge is 0.389 e. The summed E-state index contributed by atoms with van der Waals surface area (Å²) in [7, 11) is 1.98. The molecule has 3 nitrogen and oxygen atoms in total. The highest BCUT2D eigenvalue weighted by Crippen LogP contribution is 2.13. The van der Waals surface area contributed by atoms with Gasteiger partial charge in [-0.2, -0.15) is 0 Å². The second-order valence-corrected chi connectivity index (χ2v) is 5.26. The standard InChI is InChI=1S/C14H21FN2OS/c1-10(2)18-7-6-17(3)9-11-4-5-12(15)8-13(11)14(16)19/h4-5,8,10H,6-7,9H2,1-3H3,(H2,16,19). The summed E-state index contributed by atoms with van der Waals surface area (Å²) in [4.78, 5) is 2.32. The molecule has 0 unspecified atom stereocenters. The number of thiocarbonyl (C=S) groups is 1. The highest BCUT2D eigenvalue weighted by Gasteiger charge is 2.09. The first kappa shape index (κ1) is 16.0. The summed E-state index contributed by atoms with van der Waals surface area (Å²) in [5.41, 5.74) is 7.16. The molecule has 0 saturated heterocycles. The van der Waals surface area contributed by atoms with E-state index in [0.717, 1.165) is 12.1 Å². The highest BCUT2D eigenvalue weighted by molar-refractivity contribution is 7.80. The summed E-state index contributed by atoms with van der Waals surface area (Å²) in [6.07, 6.45) is 0.228. The van der Waals surface area contributed by atoms with Gasteiger partial charge in [0.05, 0.1) is 12.7 Å². The summed E-state index contributed by atoms with van der Waals surface area (Å²) in [6, 6.07) is 4.54. The number of hydrogen-bond donors (Lipinski definition) is 1. The Labute approximate surface area is 119 Å². The molecule has 1 aromatic carbocycles. The van der Waals surface area contributed by atoms with Crippen molar-refractivity contribution in [3.8, 4) is 0 Å². The second-order valence-electron chi connectivity index (χ2n) is 4.82. The van der Waals surface area contributed by atoms with Crippen molar-refractivity contribution in [1.82, 2.24) is 4.90 Å². The predicted octanol–water partition coefficient (Wildman–Crippen LogP) is 2.32. The Balaban J connectivity index is 2.63. The van der Waals surface area contributed by atoms with E-state index in [9.17, 15) is 4.39 Å². The fourth-order valence-electron chi connectivity index (χ4n) is 1.73. The van der Waals surface area contributed by atoms with E-state index in [4.69, 9.17) is 22.7 Å². The van der Waals surface area contributed by atoms with Crippen LogP contribution >= 0.6 is 12.2 Å². The summed E-state index contributed by atoms with van der Waals surface area (Å²) < 4.78 is 18.7. The molecule has 0 aliphatic carbocycles. The molecular formula is C14H21FN2OS. The van der Waals surface area contributed by atoms with E-state index in [1.165, 1.54) is 12.1 Å². The van der Waals surface area contributed by atoms with Gasteiger partial charge in [-0.15, -0.1) is 0 Å². The average molecular weight is 284 g/mol. The van der Waals surface area contributed by atoms with Crippen LogP contribution < -0.4 is 5.73 Å². The Morgan fingerprint density at radius 2 is 2.16 bits per heavy atom. The zero-order valence-corrected chi connectivity index (χ0v) is 12.5. The fourth-order valence-corrected chi connectivity index (χ4v) is 1.92. The number of rotatable bonds is 7. The van der Waals surface area contributed by atoms with Gasteiger partial charge in [-0.1, -0.05) is 18.3 Å². The molecule has 0 bridgehead atoms. The van der Waals surface area contributed by atoms with Crippen molar-refractivity contribution >= 4 is 17.2 Å². The molecule has 0 radical (unpaired) electrons. The van der Waals surface area contributed by atoms with Crippen molar-refractivity contribution in [3.05, 3.63) is 35.1 Å². The molecule has 0 spiro atoms. The molecule has 0 saturated carbocycles. The number of ether oxygens (including phenoxy) is 1. The molecule has 2 N–H and O–H groups in total. The molecule has 106 valence electrons. The van der Waals surface area contributed by atoms with Gasteiger partial charge in [0, 0.05) is 18.7 Å². The number of nitrogens with zero attached hydrogens (tertiary/aromatic N) is 1. The van der Waals surface area contributed by atoms with Gasteiger partial charge >= 0.3 is 0 Å². The van der Waals surface area contributed by atoms with Crippen LogP contribution in [0.4, 0.5) is 4.39 Å². The first-order valence-electron chi connectivity index (χ1n) is 6.28. The van der Waals surface area contributed by atoms with Crippen LogP contribution in [-0.4, -0.2) is 36.2 Å². The molecule has 0 heterocycles. The molecule has 1 aromatic rings. The van der Waals surface area contributed by atoms with Crippen LogP contribution in [0.25, 0.3) is 0 Å². The maximum absolute atomic E-state index is 13.2. The van der Waals surface area contributed by atoms with Gasteiger partial charge in [0.15, 0.2) is 0 Å². The van der Waals surface area contributed by atoms with Gasteiger partial charge < -0.3 is 10.5 Å². The maximum Gasteiger partial charge on any atom is 0.123 e. The van der Waals surface area contributed by atoms with Gasteiger partial charge in [-0.05, 0) is 38.6 Å². The zero-order valence-electron chi connectivity index (χ0n) is 11.6. The SMILES string of the molecule is CC(C)OCCN(C)Cc1ccc(F)cc1C(N)=S. The van der Waals surface area contributed by atoms with E-state index in [1.807, 2.05) is 20.9 Å². The molecule has 0 fully saturated rings. The van der Waals surface area contributed by atoms with Crippen LogP contribution in [-0.2, 0) is 11.3 Å². The molecule has 5 heteroatoms. The minimum Gasteiger partial charge on any atom is -0.389 e. The summed E-state index contributed by atoms with van der Waals surface area (Å²) in [6.45, 7) is 6.13. The minimum absolute atomic E-state index is 0.223. The third kappa shape index (κ3) is 5.63. The summed E-state index contributed by atoms with van der Waals surface area (Å²) >= 11 is 4.95. The molecule has 0 aromatic heterocycles. The van der Waals surface area contributed by atoms with E-state index >= 15 is 0 Å². The van der Waals surface area contributed by atoms with Crippen molar-refractivity contribution in [1.29, 1.82) is 0 Å². The Morgan fingerprint density at radius 3 is 2.74 bits per heavy atom. The number of halogens is 1. The molecule has 19 heavy (non-hydrogen) atoms. The normalized spacial score (nSPS) is 11.3. The van der Waals surface area contributed by atoms with Crippen LogP contribution in [0.2, 0.25) is 0 Å². The van der Waals surface area contributed by atoms with Crippen molar-refractivity contribution in [2.75, 3.05) is 20.2 Å². The van der Waals surface area contributed by atoms with Crippen molar-refractivity contribution in [2.45, 2.75) is 26.5 Å². The monoisotopic (exact) mass is 284 g/mol. The lowest BCUT2D eigenvalue weighted by molar-refractivity contribution is 0.0627. The van der Waals surface area contributed by atoms with Crippen molar-refractivity contribution in [3.63, 3.8) is 0 Å². The van der Waals surface area contributed by atoms with Gasteiger partial charge in [-0.25, -0.2) is 4.39 Å². The Kier molecular flexibility index (Phi) is 6.34. The molecule has 0 aliphatic rings. The Hall–Kier alpha value is -1.04. The maximum atomic E-state index is 13.2. The van der Waals surface area contributed by atoms with Gasteiger partial charge in [0.2, 0.25) is 0 Å². The highest BCUT2D eigenvalue weighted by atomic mass is 32.1. The zero-order chi connectivity index (χ0) is 14.4. The topological polar surface area (TPSA) is 38.5 Å². The van der Waals surface area contributed by atoms with Crippen LogP contribution in [0, 0.1) is 5.82 Å². The first-order valence-corrected chi connectivity index (χ1v) is 6.69. The minimum atomic E-state index is -0.322. The van der Waals surface area contributed by atoms with Crippen LogP contribution in [0.15, 0.2) is 18.2 Å². The third-order valence-electron chi connectivity index (χ3n) is 2.70. The number of benzene rings is 1. The van der Waals surface area contributed by atoms with E-state index in [-0.39, 0.29) is 16.9 Å². The van der Waals surface area contributed by atoms with Crippen LogP contribution in [0.5, 0.6) is 0 Å². The van der Waals surface area contributed by atoms with Gasteiger partial charge in [-0.3, -0.25) is 4.90 Å². The smallest absolute Gasteiger partial charge is 0.123 e. The van der Waals surface area contributed by atoms with E-state index in [2.05, 4.69) is 4.90 Å². The fraction of sp³-hybridized carbons (Fsp3) is 0.500. The lowest BCUT2D eigenvalue weighted by Crippen LogP contribution is -2.25. The molecule has 0 amide bonds. The third-order valence-corrected chi connectivity index (χ3v) is 2.92. The quantitative estimate of drug-likeness (QED) is 0.780. The van der Waals surface area contributed by atoms with E-state index < -0.39 is 0 Å². The van der Waals surface area contributed by atoms with Gasteiger partial charge in [0.1, 0.15) is 10.8 Å². The molecular weight excluding hydrogens is 263 g/mol. The lowest BCUT2D eigenvalue weighted by atomic mass is 10.1. The Bertz CT molecular complexity index is 437. The number of hydrogen-bond acceptors (Lipinski definition) is 3. The average Bonchev–Trinajstić information content (AvgIpc) is 2.30. The van der Waals surface area contributed by atoms with Gasteiger partial charge in [0.25, 0.3) is 0 Å². The summed E-state index contributed by atoms with van der Waals surface area (Å²) in [5.74, 6) is -0.322. The first-order chi connectivity index (χ1) is 8.90. The molecule has 0 aliphatic heterocycles. The van der Waals surface area contributed by atoms with Crippen LogP contribution in [0.1, 0.15) is 25.0 Å². The summed E-state index contributed by atoms with van der Waals surface area (Å²) in [5, 5.41) is 0. The molecule has 1 rings (SSSR count). The molecule has 0 atom stereocenters. The van der Waals surface area contributed by atoms with Crippen LogP contribution in [0.3, 0.4) is 0 Å². The van der Waals surface area contributed by atoms with E-state index in [0.29, 0.717) is 18.7 Å². The predicted molar refractivity (Wildman–Crippen MR) is 79.7 cm³/mol. The van der Waals surface area contributed by atoms with Crippen molar-refractivity contribution < 1.29 is 9.13 Å². The Morgan fingerprint density at radius 1 is 1.47 bits per heavy atom. The second kappa shape index (κ2) is 7.53. The number of likely N-dealkylation sites (N-methyl/N-ethyl adjacent to an activating group) is 1.